The third-order valence-corrected chi connectivity index (χ3v) is 2.63. The number of rotatable bonds is 2. The molecule has 2 N–H and O–H groups in total. The van der Waals surface area contributed by atoms with E-state index in [1.165, 1.54) is 10.9 Å². The summed E-state index contributed by atoms with van der Waals surface area (Å²) in [7, 11) is 0. The van der Waals surface area contributed by atoms with Crippen LogP contribution in [0.1, 0.15) is 19.3 Å². The van der Waals surface area contributed by atoms with E-state index in [4.69, 9.17) is 17.3 Å². The van der Waals surface area contributed by atoms with Crippen LogP contribution in [-0.2, 0) is 6.54 Å². The molecule has 0 aliphatic heterocycles. The third-order valence-electron chi connectivity index (χ3n) is 2.42. The van der Waals surface area contributed by atoms with Crippen molar-refractivity contribution >= 4 is 28.7 Å². The Morgan fingerprint density at radius 2 is 2.31 bits per heavy atom. The second kappa shape index (κ2) is 3.79. The molecular weight excluding hydrogens is 230 g/mol. The van der Waals surface area contributed by atoms with Gasteiger partial charge in [-0.2, -0.15) is 4.98 Å². The van der Waals surface area contributed by atoms with Crippen molar-refractivity contribution in [1.82, 2.24) is 19.1 Å². The first-order chi connectivity index (χ1) is 7.56. The van der Waals surface area contributed by atoms with Crippen LogP contribution in [-0.4, -0.2) is 19.1 Å². The molecule has 0 bridgehead atoms. The lowest BCUT2D eigenvalue weighted by atomic mass is 10.5. The fourth-order valence-electron chi connectivity index (χ4n) is 1.62. The zero-order valence-corrected chi connectivity index (χ0v) is 9.77. The Morgan fingerprint density at radius 1 is 1.62 bits per heavy atom. The molecule has 86 valence electrons. The number of nitrogen functional groups attached to an aromatic ring is 1. The fourth-order valence-corrected chi connectivity index (χ4v) is 1.76. The van der Waals surface area contributed by atoms with Crippen LogP contribution in [0.25, 0.3) is 11.2 Å². The minimum Gasteiger partial charge on any atom is -0.369 e. The lowest BCUT2D eigenvalue weighted by Crippen LogP contribution is -2.25. The fraction of sp³-hybridized carbons (Fsp3) is 0.444. The average Bonchev–Trinajstić information content (AvgIpc) is 2.62. The van der Waals surface area contributed by atoms with Crippen molar-refractivity contribution in [2.45, 2.75) is 25.9 Å². The number of hydrogen-bond acceptors (Lipinski definition) is 4. The normalized spacial score (nSPS) is 13.2. The van der Waals surface area contributed by atoms with Crippen molar-refractivity contribution in [3.8, 4) is 0 Å². The number of nitrogens with zero attached hydrogens (tertiary/aromatic N) is 4. The maximum Gasteiger partial charge on any atom is 0.281 e. The molecule has 6 nitrogen and oxygen atoms in total. The van der Waals surface area contributed by atoms with Crippen LogP contribution in [0.2, 0.25) is 0 Å². The predicted octanol–water partition coefficient (Wildman–Crippen LogP) is 0.952. The standard InChI is InChI=1S/C9H12ClN5O/c1-3-14-8(16)6-7(13-9(14)11)12-4-15(6)5(2)10/h4-5H,3H2,1-2H3,(H2,11,13). The first kappa shape index (κ1) is 10.9. The zero-order valence-electron chi connectivity index (χ0n) is 9.01. The summed E-state index contributed by atoms with van der Waals surface area (Å²) in [5.74, 6) is 0.174. The van der Waals surface area contributed by atoms with Crippen molar-refractivity contribution in [2.75, 3.05) is 5.73 Å². The summed E-state index contributed by atoms with van der Waals surface area (Å²) >= 11 is 5.95. The molecule has 0 aliphatic rings. The lowest BCUT2D eigenvalue weighted by molar-refractivity contribution is 0.708. The molecule has 0 saturated carbocycles. The van der Waals surface area contributed by atoms with Gasteiger partial charge in [-0.15, -0.1) is 0 Å². The van der Waals surface area contributed by atoms with E-state index >= 15 is 0 Å². The van der Waals surface area contributed by atoms with Gasteiger partial charge in [0.05, 0.1) is 6.33 Å². The topological polar surface area (TPSA) is 78.7 Å². The van der Waals surface area contributed by atoms with Gasteiger partial charge >= 0.3 is 0 Å². The van der Waals surface area contributed by atoms with Gasteiger partial charge in [-0.05, 0) is 13.8 Å². The molecule has 7 heteroatoms. The van der Waals surface area contributed by atoms with Gasteiger partial charge in [0.25, 0.3) is 5.56 Å². The second-order valence-electron chi connectivity index (χ2n) is 3.42. The number of anilines is 1. The number of alkyl halides is 1. The second-order valence-corrected chi connectivity index (χ2v) is 4.05. The highest BCUT2D eigenvalue weighted by Crippen LogP contribution is 2.16. The van der Waals surface area contributed by atoms with E-state index in [-0.39, 0.29) is 17.0 Å². The number of aromatic nitrogens is 4. The Hall–Kier alpha value is -1.56. The zero-order chi connectivity index (χ0) is 11.9. The summed E-state index contributed by atoms with van der Waals surface area (Å²) < 4.78 is 2.97. The highest BCUT2D eigenvalue weighted by atomic mass is 35.5. The molecule has 1 atom stereocenters. The van der Waals surface area contributed by atoms with Gasteiger partial charge in [0.1, 0.15) is 5.50 Å². The van der Waals surface area contributed by atoms with E-state index in [2.05, 4.69) is 9.97 Å². The van der Waals surface area contributed by atoms with E-state index in [1.54, 1.807) is 11.5 Å². The van der Waals surface area contributed by atoms with Crippen LogP contribution in [0, 0.1) is 0 Å². The van der Waals surface area contributed by atoms with Gasteiger partial charge in [-0.25, -0.2) is 4.98 Å². The molecule has 2 heterocycles. The number of fused-ring (bicyclic) bond motifs is 1. The quantitative estimate of drug-likeness (QED) is 0.794. The Kier molecular flexibility index (Phi) is 2.59. The summed E-state index contributed by atoms with van der Waals surface area (Å²) in [5, 5.41) is 0. The van der Waals surface area contributed by atoms with Crippen LogP contribution < -0.4 is 11.3 Å². The molecule has 1 unspecified atom stereocenters. The maximum atomic E-state index is 12.1. The van der Waals surface area contributed by atoms with Gasteiger partial charge in [0.2, 0.25) is 5.95 Å². The summed E-state index contributed by atoms with van der Waals surface area (Å²) in [5.41, 5.74) is 5.81. The molecule has 0 radical (unpaired) electrons. The Labute approximate surface area is 96.7 Å². The molecule has 0 fully saturated rings. The Bertz CT molecular complexity index is 585. The molecule has 2 rings (SSSR count). The minimum atomic E-state index is -0.353. The molecule has 0 amide bonds. The van der Waals surface area contributed by atoms with Gasteiger partial charge in [-0.3, -0.25) is 9.36 Å². The number of halogens is 1. The number of nitrogens with two attached hydrogens (primary N) is 1. The first-order valence-electron chi connectivity index (χ1n) is 4.93. The predicted molar refractivity (Wildman–Crippen MR) is 62.4 cm³/mol. The molecular formula is C9H12ClN5O. The van der Waals surface area contributed by atoms with Crippen LogP contribution in [0.5, 0.6) is 0 Å². The summed E-state index contributed by atoms with van der Waals surface area (Å²) in [6, 6.07) is 0. The largest absolute Gasteiger partial charge is 0.369 e. The van der Waals surface area contributed by atoms with Crippen molar-refractivity contribution in [1.29, 1.82) is 0 Å². The SMILES string of the molecule is CCn1c(N)nc2ncn(C(C)Cl)c2c1=O. The smallest absolute Gasteiger partial charge is 0.281 e. The van der Waals surface area contributed by atoms with Crippen molar-refractivity contribution in [3.05, 3.63) is 16.7 Å². The Balaban J connectivity index is 2.88. The summed E-state index contributed by atoms with van der Waals surface area (Å²) in [4.78, 5) is 20.2. The van der Waals surface area contributed by atoms with Gasteiger partial charge in [-0.1, -0.05) is 11.6 Å². The molecule has 2 aromatic heterocycles. The van der Waals surface area contributed by atoms with Gasteiger partial charge in [0, 0.05) is 6.54 Å². The number of hydrogen-bond donors (Lipinski definition) is 1. The third kappa shape index (κ3) is 1.46. The van der Waals surface area contributed by atoms with E-state index in [0.717, 1.165) is 0 Å². The monoisotopic (exact) mass is 241 g/mol. The Morgan fingerprint density at radius 3 is 2.88 bits per heavy atom. The van der Waals surface area contributed by atoms with Crippen LogP contribution in [0.4, 0.5) is 5.95 Å². The molecule has 0 aliphatic carbocycles. The molecule has 0 spiro atoms. The van der Waals surface area contributed by atoms with Crippen LogP contribution >= 0.6 is 11.6 Å². The van der Waals surface area contributed by atoms with Crippen LogP contribution in [0.15, 0.2) is 11.1 Å². The van der Waals surface area contributed by atoms with Crippen LogP contribution in [0.3, 0.4) is 0 Å². The minimum absolute atomic E-state index is 0.174. The van der Waals surface area contributed by atoms with Gasteiger partial charge in [0.15, 0.2) is 11.2 Å². The van der Waals surface area contributed by atoms with E-state index in [0.29, 0.717) is 17.7 Å². The molecule has 0 aromatic carbocycles. The average molecular weight is 242 g/mol. The van der Waals surface area contributed by atoms with E-state index in [1.807, 2.05) is 6.92 Å². The first-order valence-corrected chi connectivity index (χ1v) is 5.36. The molecule has 16 heavy (non-hydrogen) atoms. The number of imidazole rings is 1. The van der Waals surface area contributed by atoms with Crippen molar-refractivity contribution in [2.24, 2.45) is 0 Å². The van der Waals surface area contributed by atoms with E-state index < -0.39 is 0 Å². The summed E-state index contributed by atoms with van der Waals surface area (Å²) in [6.07, 6.45) is 1.50. The highest BCUT2D eigenvalue weighted by molar-refractivity contribution is 6.19. The lowest BCUT2D eigenvalue weighted by Gasteiger charge is -2.08. The summed E-state index contributed by atoms with van der Waals surface area (Å²) in [6.45, 7) is 4.06. The molecule has 0 saturated heterocycles. The van der Waals surface area contributed by atoms with Gasteiger partial charge < -0.3 is 10.3 Å². The maximum absolute atomic E-state index is 12.1. The van der Waals surface area contributed by atoms with E-state index in [9.17, 15) is 4.79 Å². The van der Waals surface area contributed by atoms with Crippen molar-refractivity contribution < 1.29 is 0 Å². The van der Waals surface area contributed by atoms with Crippen molar-refractivity contribution in [3.63, 3.8) is 0 Å². The highest BCUT2D eigenvalue weighted by Gasteiger charge is 2.15. The molecule has 2 aromatic rings.